The summed E-state index contributed by atoms with van der Waals surface area (Å²) < 4.78 is 12.6. The zero-order valence-electron chi connectivity index (χ0n) is 8.77. The van der Waals surface area contributed by atoms with Crippen LogP contribution in [-0.2, 0) is 0 Å². The fourth-order valence-electron chi connectivity index (χ4n) is 1.44. The highest BCUT2D eigenvalue weighted by Crippen LogP contribution is 2.10. The summed E-state index contributed by atoms with van der Waals surface area (Å²) in [5.74, 6) is -0.635. The fraction of sp³-hybridized carbons (Fsp3) is 0.0769. The Balaban J connectivity index is 2.35. The first-order valence-corrected chi connectivity index (χ1v) is 4.90. The molecule has 0 saturated heterocycles. The number of carbonyl (C=O) groups excluding carboxylic acids is 1. The number of hydrogen-bond donors (Lipinski definition) is 0. The average molecular weight is 215 g/mol. The number of carbonyl (C=O) groups is 1. The van der Waals surface area contributed by atoms with Crippen molar-refractivity contribution in [3.63, 3.8) is 0 Å². The van der Waals surface area contributed by atoms with Crippen molar-refractivity contribution >= 4 is 5.78 Å². The zero-order chi connectivity index (χ0) is 11.5. The van der Waals surface area contributed by atoms with Crippen LogP contribution in [0.15, 0.2) is 42.6 Å². The molecule has 0 atom stereocenters. The lowest BCUT2D eigenvalue weighted by molar-refractivity contribution is 0.103. The lowest BCUT2D eigenvalue weighted by Gasteiger charge is -2.01. The summed E-state index contributed by atoms with van der Waals surface area (Å²) in [6.07, 6.45) is 1.04. The van der Waals surface area contributed by atoms with Crippen LogP contribution in [0.1, 0.15) is 21.6 Å². The van der Waals surface area contributed by atoms with Crippen LogP contribution in [0.4, 0.5) is 4.39 Å². The molecule has 2 nitrogen and oxygen atoms in total. The van der Waals surface area contributed by atoms with Crippen molar-refractivity contribution in [3.05, 3.63) is 65.2 Å². The molecule has 3 heteroatoms. The van der Waals surface area contributed by atoms with Crippen LogP contribution >= 0.6 is 0 Å². The van der Waals surface area contributed by atoms with E-state index in [1.807, 2.05) is 19.1 Å². The molecule has 80 valence electrons. The molecule has 1 heterocycles. The molecule has 2 aromatic rings. The molecule has 0 aliphatic rings. The fourth-order valence-corrected chi connectivity index (χ4v) is 1.44. The van der Waals surface area contributed by atoms with Crippen LogP contribution in [0.25, 0.3) is 0 Å². The topological polar surface area (TPSA) is 30.0 Å². The number of nitrogens with zero attached hydrogens (tertiary/aromatic N) is 1. The number of benzene rings is 1. The van der Waals surface area contributed by atoms with Gasteiger partial charge in [-0.05, 0) is 25.1 Å². The average Bonchev–Trinajstić information content (AvgIpc) is 2.29. The summed E-state index contributed by atoms with van der Waals surface area (Å²) >= 11 is 0. The highest BCUT2D eigenvalue weighted by atomic mass is 19.1. The van der Waals surface area contributed by atoms with Crippen molar-refractivity contribution in [2.24, 2.45) is 0 Å². The van der Waals surface area contributed by atoms with Crippen LogP contribution in [0.2, 0.25) is 0 Å². The number of pyridine rings is 1. The maximum atomic E-state index is 12.6. The molecule has 0 unspecified atom stereocenters. The van der Waals surface area contributed by atoms with Crippen LogP contribution in [0, 0.1) is 12.7 Å². The Hall–Kier alpha value is -2.03. The van der Waals surface area contributed by atoms with Crippen LogP contribution in [-0.4, -0.2) is 10.8 Å². The SMILES string of the molecule is Cc1cccc(C(=O)c2ccc(F)cn2)c1. The predicted octanol–water partition coefficient (Wildman–Crippen LogP) is 2.76. The van der Waals surface area contributed by atoms with E-state index in [0.29, 0.717) is 5.56 Å². The third kappa shape index (κ3) is 2.14. The molecule has 16 heavy (non-hydrogen) atoms. The molecule has 0 aliphatic heterocycles. The van der Waals surface area contributed by atoms with E-state index in [-0.39, 0.29) is 11.5 Å². The minimum atomic E-state index is -0.444. The van der Waals surface area contributed by atoms with E-state index in [0.717, 1.165) is 11.8 Å². The standard InChI is InChI=1S/C13H10FNO/c1-9-3-2-4-10(7-9)13(16)12-6-5-11(14)8-15-12/h2-8H,1H3. The number of ketones is 1. The summed E-state index contributed by atoms with van der Waals surface area (Å²) in [6, 6.07) is 9.85. The summed E-state index contributed by atoms with van der Waals surface area (Å²) in [5.41, 5.74) is 1.83. The van der Waals surface area contributed by atoms with Gasteiger partial charge in [0.2, 0.25) is 5.78 Å². The molecule has 2 rings (SSSR count). The van der Waals surface area contributed by atoms with Crippen LogP contribution < -0.4 is 0 Å². The van der Waals surface area contributed by atoms with E-state index < -0.39 is 5.82 Å². The Bertz CT molecular complexity index is 520. The van der Waals surface area contributed by atoms with E-state index in [2.05, 4.69) is 4.98 Å². The zero-order valence-corrected chi connectivity index (χ0v) is 8.77. The second kappa shape index (κ2) is 4.23. The maximum absolute atomic E-state index is 12.6. The molecular weight excluding hydrogens is 205 g/mol. The van der Waals surface area contributed by atoms with Gasteiger partial charge in [0, 0.05) is 5.56 Å². The number of rotatable bonds is 2. The van der Waals surface area contributed by atoms with Gasteiger partial charge in [0.05, 0.1) is 6.20 Å². The number of halogens is 1. The van der Waals surface area contributed by atoms with Crippen molar-refractivity contribution in [1.29, 1.82) is 0 Å². The Morgan fingerprint density at radius 2 is 2.06 bits per heavy atom. The Kier molecular flexibility index (Phi) is 2.77. The van der Waals surface area contributed by atoms with E-state index in [9.17, 15) is 9.18 Å². The minimum absolute atomic E-state index is 0.191. The Morgan fingerprint density at radius 3 is 2.69 bits per heavy atom. The van der Waals surface area contributed by atoms with Gasteiger partial charge in [0.1, 0.15) is 11.5 Å². The third-order valence-electron chi connectivity index (χ3n) is 2.24. The maximum Gasteiger partial charge on any atom is 0.211 e. The molecule has 0 N–H and O–H groups in total. The monoisotopic (exact) mass is 215 g/mol. The van der Waals surface area contributed by atoms with E-state index in [1.165, 1.54) is 12.1 Å². The summed E-state index contributed by atoms with van der Waals surface area (Å²) in [7, 11) is 0. The molecule has 1 aromatic carbocycles. The van der Waals surface area contributed by atoms with E-state index >= 15 is 0 Å². The Morgan fingerprint density at radius 1 is 1.25 bits per heavy atom. The van der Waals surface area contributed by atoms with Crippen molar-refractivity contribution in [3.8, 4) is 0 Å². The summed E-state index contributed by atoms with van der Waals surface area (Å²) in [4.78, 5) is 15.7. The Labute approximate surface area is 92.8 Å². The van der Waals surface area contributed by atoms with Crippen molar-refractivity contribution in [2.45, 2.75) is 6.92 Å². The van der Waals surface area contributed by atoms with Gasteiger partial charge in [-0.2, -0.15) is 0 Å². The van der Waals surface area contributed by atoms with Gasteiger partial charge < -0.3 is 0 Å². The van der Waals surface area contributed by atoms with Gasteiger partial charge in [0.25, 0.3) is 0 Å². The molecule has 0 radical (unpaired) electrons. The first kappa shape index (κ1) is 10.5. The quantitative estimate of drug-likeness (QED) is 0.721. The van der Waals surface area contributed by atoms with Gasteiger partial charge in [-0.3, -0.25) is 4.79 Å². The molecule has 0 aliphatic carbocycles. The smallest absolute Gasteiger partial charge is 0.211 e. The molecule has 1 aromatic heterocycles. The van der Waals surface area contributed by atoms with Gasteiger partial charge >= 0.3 is 0 Å². The van der Waals surface area contributed by atoms with Gasteiger partial charge in [-0.25, -0.2) is 9.37 Å². The second-order valence-corrected chi connectivity index (χ2v) is 3.56. The number of hydrogen-bond acceptors (Lipinski definition) is 2. The second-order valence-electron chi connectivity index (χ2n) is 3.56. The molecule has 0 bridgehead atoms. The number of aromatic nitrogens is 1. The van der Waals surface area contributed by atoms with Crippen LogP contribution in [0.5, 0.6) is 0 Å². The van der Waals surface area contributed by atoms with Gasteiger partial charge in [-0.15, -0.1) is 0 Å². The van der Waals surface area contributed by atoms with E-state index in [4.69, 9.17) is 0 Å². The van der Waals surface area contributed by atoms with Crippen molar-refractivity contribution < 1.29 is 9.18 Å². The highest BCUT2D eigenvalue weighted by Gasteiger charge is 2.10. The lowest BCUT2D eigenvalue weighted by Crippen LogP contribution is -2.04. The van der Waals surface area contributed by atoms with Crippen molar-refractivity contribution in [1.82, 2.24) is 4.98 Å². The summed E-state index contributed by atoms with van der Waals surface area (Å²) in [5, 5.41) is 0. The van der Waals surface area contributed by atoms with Gasteiger partial charge in [-0.1, -0.05) is 23.8 Å². The molecule has 0 spiro atoms. The van der Waals surface area contributed by atoms with Crippen molar-refractivity contribution in [2.75, 3.05) is 0 Å². The molecule has 0 amide bonds. The lowest BCUT2D eigenvalue weighted by atomic mass is 10.1. The van der Waals surface area contributed by atoms with Gasteiger partial charge in [0.15, 0.2) is 0 Å². The molecule has 0 fully saturated rings. The predicted molar refractivity (Wildman–Crippen MR) is 58.8 cm³/mol. The van der Waals surface area contributed by atoms with Crippen LogP contribution in [0.3, 0.4) is 0 Å². The normalized spacial score (nSPS) is 10.1. The largest absolute Gasteiger partial charge is 0.287 e. The minimum Gasteiger partial charge on any atom is -0.287 e. The summed E-state index contributed by atoms with van der Waals surface area (Å²) in [6.45, 7) is 1.91. The first-order valence-electron chi connectivity index (χ1n) is 4.90. The highest BCUT2D eigenvalue weighted by molar-refractivity contribution is 6.07. The molecule has 0 saturated carbocycles. The first-order chi connectivity index (χ1) is 7.66. The van der Waals surface area contributed by atoms with E-state index in [1.54, 1.807) is 12.1 Å². The third-order valence-corrected chi connectivity index (χ3v) is 2.24. The number of aryl methyl sites for hydroxylation is 1. The molecular formula is C13H10FNO.